The monoisotopic (exact) mass is 244 g/mol. The van der Waals surface area contributed by atoms with Crippen molar-refractivity contribution < 1.29 is 0 Å². The number of rotatable bonds is 2. The molecule has 0 bridgehead atoms. The summed E-state index contributed by atoms with van der Waals surface area (Å²) in [7, 11) is 0. The van der Waals surface area contributed by atoms with Crippen LogP contribution in [0, 0.1) is 0 Å². The number of nitrogens with one attached hydrogen (secondary N) is 1. The van der Waals surface area contributed by atoms with E-state index in [4.69, 9.17) is 5.73 Å². The SMILES string of the molecule is Nc1[nH]ncc1N1CCN(c2ccccn2)CC1. The van der Waals surface area contributed by atoms with Crippen LogP contribution in [0.1, 0.15) is 0 Å². The summed E-state index contributed by atoms with van der Waals surface area (Å²) in [6.45, 7) is 3.75. The van der Waals surface area contributed by atoms with Gasteiger partial charge in [0.15, 0.2) is 0 Å². The average Bonchev–Trinajstić information content (AvgIpc) is 2.86. The van der Waals surface area contributed by atoms with E-state index in [1.54, 1.807) is 6.20 Å². The summed E-state index contributed by atoms with van der Waals surface area (Å²) in [5.41, 5.74) is 6.83. The van der Waals surface area contributed by atoms with Crippen molar-refractivity contribution in [3.63, 3.8) is 0 Å². The highest BCUT2D eigenvalue weighted by Crippen LogP contribution is 2.22. The van der Waals surface area contributed by atoms with E-state index in [1.807, 2.05) is 24.4 Å². The number of aromatic nitrogens is 3. The van der Waals surface area contributed by atoms with E-state index in [-0.39, 0.29) is 0 Å². The molecule has 6 heteroatoms. The van der Waals surface area contributed by atoms with Crippen LogP contribution in [0.3, 0.4) is 0 Å². The van der Waals surface area contributed by atoms with Gasteiger partial charge in [-0.15, -0.1) is 0 Å². The predicted octanol–water partition coefficient (Wildman–Crippen LogP) is 0.713. The first-order valence-electron chi connectivity index (χ1n) is 6.04. The summed E-state index contributed by atoms with van der Waals surface area (Å²) < 4.78 is 0. The zero-order chi connectivity index (χ0) is 12.4. The van der Waals surface area contributed by atoms with Gasteiger partial charge in [-0.1, -0.05) is 6.07 Å². The van der Waals surface area contributed by atoms with Gasteiger partial charge in [-0.25, -0.2) is 4.98 Å². The van der Waals surface area contributed by atoms with Gasteiger partial charge in [0.25, 0.3) is 0 Å². The van der Waals surface area contributed by atoms with Gasteiger partial charge in [-0.3, -0.25) is 5.10 Å². The van der Waals surface area contributed by atoms with Crippen molar-refractivity contribution in [1.29, 1.82) is 0 Å². The molecule has 6 nitrogen and oxygen atoms in total. The second-order valence-corrected chi connectivity index (χ2v) is 4.33. The molecule has 1 aliphatic heterocycles. The molecule has 2 aromatic rings. The van der Waals surface area contributed by atoms with E-state index in [1.165, 1.54) is 0 Å². The Bertz CT molecular complexity index is 500. The molecule has 1 fully saturated rings. The van der Waals surface area contributed by atoms with Crippen LogP contribution in [0.4, 0.5) is 17.3 Å². The quantitative estimate of drug-likeness (QED) is 0.814. The molecule has 18 heavy (non-hydrogen) atoms. The highest BCUT2D eigenvalue weighted by atomic mass is 15.3. The lowest BCUT2D eigenvalue weighted by molar-refractivity contribution is 0.648. The Morgan fingerprint density at radius 1 is 1.11 bits per heavy atom. The van der Waals surface area contributed by atoms with Gasteiger partial charge < -0.3 is 15.5 Å². The van der Waals surface area contributed by atoms with Gasteiger partial charge in [0.1, 0.15) is 11.6 Å². The predicted molar refractivity (Wildman–Crippen MR) is 71.7 cm³/mol. The van der Waals surface area contributed by atoms with Gasteiger partial charge in [0, 0.05) is 32.4 Å². The molecular formula is C12H16N6. The first-order valence-corrected chi connectivity index (χ1v) is 6.04. The Balaban J connectivity index is 1.67. The number of nitrogens with zero attached hydrogens (tertiary/aromatic N) is 4. The molecule has 0 aliphatic carbocycles. The number of pyridine rings is 1. The van der Waals surface area contributed by atoms with E-state index < -0.39 is 0 Å². The fourth-order valence-corrected chi connectivity index (χ4v) is 2.26. The number of nitrogens with two attached hydrogens (primary N) is 1. The molecule has 3 heterocycles. The Labute approximate surface area is 105 Å². The zero-order valence-electron chi connectivity index (χ0n) is 10.1. The third kappa shape index (κ3) is 1.97. The van der Waals surface area contributed by atoms with Crippen LogP contribution in [0.5, 0.6) is 0 Å². The summed E-state index contributed by atoms with van der Waals surface area (Å²) in [4.78, 5) is 8.90. The minimum atomic E-state index is 0.640. The molecule has 1 saturated heterocycles. The van der Waals surface area contributed by atoms with Crippen LogP contribution in [0.15, 0.2) is 30.6 Å². The van der Waals surface area contributed by atoms with Gasteiger partial charge in [0.05, 0.1) is 11.9 Å². The van der Waals surface area contributed by atoms with Crippen molar-refractivity contribution in [2.45, 2.75) is 0 Å². The van der Waals surface area contributed by atoms with E-state index in [2.05, 4.69) is 25.0 Å². The number of H-pyrrole nitrogens is 1. The highest BCUT2D eigenvalue weighted by molar-refractivity contribution is 5.62. The molecule has 94 valence electrons. The summed E-state index contributed by atoms with van der Waals surface area (Å²) in [5.74, 6) is 1.68. The highest BCUT2D eigenvalue weighted by Gasteiger charge is 2.20. The molecule has 0 unspecified atom stereocenters. The molecule has 0 radical (unpaired) electrons. The largest absolute Gasteiger partial charge is 0.382 e. The Morgan fingerprint density at radius 2 is 1.89 bits per heavy atom. The molecule has 0 spiro atoms. The van der Waals surface area contributed by atoms with Crippen molar-refractivity contribution in [1.82, 2.24) is 15.2 Å². The van der Waals surface area contributed by atoms with Crippen LogP contribution in [0.25, 0.3) is 0 Å². The van der Waals surface area contributed by atoms with E-state index in [0.29, 0.717) is 5.82 Å². The molecule has 3 rings (SSSR count). The second-order valence-electron chi connectivity index (χ2n) is 4.33. The summed E-state index contributed by atoms with van der Waals surface area (Å²) >= 11 is 0. The minimum Gasteiger partial charge on any atom is -0.382 e. The summed E-state index contributed by atoms with van der Waals surface area (Å²) in [6, 6.07) is 6.00. The second kappa shape index (κ2) is 4.56. The van der Waals surface area contributed by atoms with Crippen molar-refractivity contribution in [3.8, 4) is 0 Å². The topological polar surface area (TPSA) is 74.1 Å². The maximum atomic E-state index is 5.83. The number of hydrogen-bond acceptors (Lipinski definition) is 5. The first-order chi connectivity index (χ1) is 8.84. The van der Waals surface area contributed by atoms with Crippen LogP contribution in [-0.2, 0) is 0 Å². The van der Waals surface area contributed by atoms with Gasteiger partial charge >= 0.3 is 0 Å². The number of piperazine rings is 1. The smallest absolute Gasteiger partial charge is 0.142 e. The van der Waals surface area contributed by atoms with Crippen LogP contribution in [-0.4, -0.2) is 41.4 Å². The molecule has 0 aromatic carbocycles. The molecule has 3 N–H and O–H groups in total. The number of hydrogen-bond donors (Lipinski definition) is 2. The Hall–Kier alpha value is -2.24. The van der Waals surface area contributed by atoms with Crippen molar-refractivity contribution in [2.75, 3.05) is 41.7 Å². The van der Waals surface area contributed by atoms with E-state index >= 15 is 0 Å². The Morgan fingerprint density at radius 3 is 2.50 bits per heavy atom. The maximum Gasteiger partial charge on any atom is 0.142 e. The van der Waals surface area contributed by atoms with Crippen molar-refractivity contribution in [3.05, 3.63) is 30.6 Å². The third-order valence-corrected chi connectivity index (χ3v) is 3.24. The fraction of sp³-hybridized carbons (Fsp3) is 0.333. The molecule has 0 saturated carbocycles. The number of anilines is 3. The number of aromatic amines is 1. The van der Waals surface area contributed by atoms with Gasteiger partial charge in [0.2, 0.25) is 0 Å². The van der Waals surface area contributed by atoms with Gasteiger partial charge in [-0.2, -0.15) is 5.10 Å². The molecule has 1 aliphatic rings. The molecule has 0 amide bonds. The number of nitrogen functional groups attached to an aromatic ring is 1. The van der Waals surface area contributed by atoms with Crippen LogP contribution < -0.4 is 15.5 Å². The van der Waals surface area contributed by atoms with Crippen LogP contribution in [0.2, 0.25) is 0 Å². The van der Waals surface area contributed by atoms with Crippen LogP contribution >= 0.6 is 0 Å². The lowest BCUT2D eigenvalue weighted by atomic mass is 10.3. The van der Waals surface area contributed by atoms with Gasteiger partial charge in [-0.05, 0) is 12.1 Å². The average molecular weight is 244 g/mol. The summed E-state index contributed by atoms with van der Waals surface area (Å²) in [5, 5.41) is 6.73. The lowest BCUT2D eigenvalue weighted by Gasteiger charge is -2.36. The van der Waals surface area contributed by atoms with E-state index in [0.717, 1.165) is 37.7 Å². The van der Waals surface area contributed by atoms with E-state index in [9.17, 15) is 0 Å². The standard InChI is InChI=1S/C12H16N6/c13-12-10(9-15-16-12)17-5-7-18(8-6-17)11-3-1-2-4-14-11/h1-4,9H,5-8H2,(H3,13,15,16). The first kappa shape index (κ1) is 10.9. The van der Waals surface area contributed by atoms with Crippen molar-refractivity contribution in [2.24, 2.45) is 0 Å². The fourth-order valence-electron chi connectivity index (χ4n) is 2.26. The lowest BCUT2D eigenvalue weighted by Crippen LogP contribution is -2.46. The normalized spacial score (nSPS) is 16.0. The maximum absolute atomic E-state index is 5.83. The van der Waals surface area contributed by atoms with Crippen molar-refractivity contribution >= 4 is 17.3 Å². The molecule has 2 aromatic heterocycles. The zero-order valence-corrected chi connectivity index (χ0v) is 10.1. The third-order valence-electron chi connectivity index (χ3n) is 3.24. The Kier molecular flexibility index (Phi) is 2.76. The summed E-state index contributed by atoms with van der Waals surface area (Å²) in [6.07, 6.45) is 3.61. The molecule has 0 atom stereocenters. The minimum absolute atomic E-state index is 0.640. The molecular weight excluding hydrogens is 228 g/mol.